The first-order valence-electron chi connectivity index (χ1n) is 11.6. The molecule has 2 aromatic carbocycles. The van der Waals surface area contributed by atoms with E-state index in [2.05, 4.69) is 19.1 Å². The predicted octanol–water partition coefficient (Wildman–Crippen LogP) is 5.83. The fraction of sp³-hybridized carbons (Fsp3) is 0.444. The van der Waals surface area contributed by atoms with Crippen LogP contribution < -0.4 is 14.2 Å². The van der Waals surface area contributed by atoms with Gasteiger partial charge < -0.3 is 23.7 Å². The van der Waals surface area contributed by atoms with E-state index in [0.29, 0.717) is 24.7 Å². The fourth-order valence-electron chi connectivity index (χ4n) is 3.14. The van der Waals surface area contributed by atoms with Gasteiger partial charge in [-0.15, -0.1) is 0 Å². The van der Waals surface area contributed by atoms with Crippen molar-refractivity contribution in [3.05, 3.63) is 59.4 Å². The Hall–Kier alpha value is -3.15. The Labute approximate surface area is 197 Å². The molecule has 33 heavy (non-hydrogen) atoms. The Morgan fingerprint density at radius 2 is 1.61 bits per heavy atom. The van der Waals surface area contributed by atoms with Crippen LogP contribution in [0, 0.1) is 0 Å². The van der Waals surface area contributed by atoms with Gasteiger partial charge in [0.2, 0.25) is 5.76 Å². The third-order valence-electron chi connectivity index (χ3n) is 4.85. The molecular formula is C27H36O6. The molecule has 0 spiro atoms. The molecule has 0 radical (unpaired) electrons. The standard InChI is InChI=1S/C27H36O6/c1-5-8-9-17-32-23-13-10-21(11-14-23)16-18-33-24-15-12-22(19-25(24)29-4)20-26(30-6-2)27(28)31-7-3/h10-15,19-20H,5-9,16-18H2,1-4H3/b26-20-. The lowest BCUT2D eigenvalue weighted by Crippen LogP contribution is -2.10. The Bertz CT molecular complexity index is 873. The van der Waals surface area contributed by atoms with E-state index in [4.69, 9.17) is 23.7 Å². The molecule has 180 valence electrons. The molecule has 0 atom stereocenters. The Balaban J connectivity index is 1.94. The number of methoxy groups -OCH3 is 1. The normalized spacial score (nSPS) is 11.1. The molecular weight excluding hydrogens is 420 g/mol. The van der Waals surface area contributed by atoms with Gasteiger partial charge in [0, 0.05) is 6.42 Å². The number of ether oxygens (including phenoxy) is 5. The zero-order valence-corrected chi connectivity index (χ0v) is 20.2. The van der Waals surface area contributed by atoms with Gasteiger partial charge in [-0.25, -0.2) is 4.79 Å². The van der Waals surface area contributed by atoms with Gasteiger partial charge in [0.25, 0.3) is 0 Å². The molecule has 0 N–H and O–H groups in total. The highest BCUT2D eigenvalue weighted by atomic mass is 16.6. The molecule has 0 aliphatic rings. The maximum atomic E-state index is 12.1. The Morgan fingerprint density at radius 3 is 2.27 bits per heavy atom. The third kappa shape index (κ3) is 9.08. The van der Waals surface area contributed by atoms with Crippen LogP contribution in [0.25, 0.3) is 6.08 Å². The minimum absolute atomic E-state index is 0.160. The molecule has 0 unspecified atom stereocenters. The van der Waals surface area contributed by atoms with Crippen molar-refractivity contribution in [2.75, 3.05) is 33.5 Å². The molecule has 0 saturated heterocycles. The summed E-state index contributed by atoms with van der Waals surface area (Å²) in [6, 6.07) is 13.6. The maximum Gasteiger partial charge on any atom is 0.373 e. The van der Waals surface area contributed by atoms with E-state index >= 15 is 0 Å². The summed E-state index contributed by atoms with van der Waals surface area (Å²) in [6.45, 7) is 7.68. The summed E-state index contributed by atoms with van der Waals surface area (Å²) in [6.07, 6.45) is 5.86. The van der Waals surface area contributed by atoms with E-state index in [1.54, 1.807) is 26.2 Å². The predicted molar refractivity (Wildman–Crippen MR) is 130 cm³/mol. The summed E-state index contributed by atoms with van der Waals surface area (Å²) in [5.74, 6) is 1.79. The quantitative estimate of drug-likeness (QED) is 0.145. The monoisotopic (exact) mass is 456 g/mol. The van der Waals surface area contributed by atoms with Gasteiger partial charge in [-0.05, 0) is 61.7 Å². The van der Waals surface area contributed by atoms with Crippen LogP contribution in [0.3, 0.4) is 0 Å². The SMILES string of the molecule is CCCCCOc1ccc(CCOc2ccc(/C=C(\OCC)C(=O)OCC)cc2OC)cc1. The zero-order chi connectivity index (χ0) is 23.9. The summed E-state index contributed by atoms with van der Waals surface area (Å²) in [7, 11) is 1.59. The average molecular weight is 457 g/mol. The Morgan fingerprint density at radius 1 is 0.848 bits per heavy atom. The van der Waals surface area contributed by atoms with Gasteiger partial charge in [-0.3, -0.25) is 0 Å². The van der Waals surface area contributed by atoms with Crippen LogP contribution in [-0.4, -0.2) is 39.5 Å². The first-order valence-corrected chi connectivity index (χ1v) is 11.6. The molecule has 6 nitrogen and oxygen atoms in total. The number of benzene rings is 2. The van der Waals surface area contributed by atoms with Crippen LogP contribution in [0.5, 0.6) is 17.2 Å². The summed E-state index contributed by atoms with van der Waals surface area (Å²) < 4.78 is 27.7. The largest absolute Gasteiger partial charge is 0.494 e. The van der Waals surface area contributed by atoms with Gasteiger partial charge in [0.05, 0.1) is 33.5 Å². The second kappa shape index (κ2) is 14.8. The molecule has 0 bridgehead atoms. The molecule has 0 amide bonds. The highest BCUT2D eigenvalue weighted by molar-refractivity contribution is 5.91. The van der Waals surface area contributed by atoms with E-state index < -0.39 is 5.97 Å². The van der Waals surface area contributed by atoms with E-state index in [9.17, 15) is 4.79 Å². The van der Waals surface area contributed by atoms with Crippen LogP contribution in [0.1, 0.15) is 51.2 Å². The van der Waals surface area contributed by atoms with Gasteiger partial charge in [-0.2, -0.15) is 0 Å². The minimum atomic E-state index is -0.490. The highest BCUT2D eigenvalue weighted by Crippen LogP contribution is 2.29. The topological polar surface area (TPSA) is 63.2 Å². The first-order chi connectivity index (χ1) is 16.1. The van der Waals surface area contributed by atoms with Crippen molar-refractivity contribution in [2.24, 2.45) is 0 Å². The molecule has 2 rings (SSSR count). The van der Waals surface area contributed by atoms with E-state index in [1.807, 2.05) is 31.2 Å². The summed E-state index contributed by atoms with van der Waals surface area (Å²) in [5.41, 5.74) is 1.93. The second-order valence-corrected chi connectivity index (χ2v) is 7.37. The Kier molecular flexibility index (Phi) is 11.7. The summed E-state index contributed by atoms with van der Waals surface area (Å²) >= 11 is 0. The number of esters is 1. The summed E-state index contributed by atoms with van der Waals surface area (Å²) in [5, 5.41) is 0. The average Bonchev–Trinajstić information content (AvgIpc) is 2.83. The lowest BCUT2D eigenvalue weighted by Gasteiger charge is -2.12. The molecule has 0 aliphatic heterocycles. The number of unbranched alkanes of at least 4 members (excludes halogenated alkanes) is 2. The second-order valence-electron chi connectivity index (χ2n) is 7.37. The van der Waals surface area contributed by atoms with Crippen molar-refractivity contribution >= 4 is 12.0 Å². The van der Waals surface area contributed by atoms with E-state index in [0.717, 1.165) is 30.8 Å². The smallest absolute Gasteiger partial charge is 0.373 e. The molecule has 0 saturated carbocycles. The molecule has 0 fully saturated rings. The first kappa shape index (κ1) is 26.1. The van der Waals surface area contributed by atoms with E-state index in [-0.39, 0.29) is 12.4 Å². The van der Waals surface area contributed by atoms with Crippen LogP contribution in [0.4, 0.5) is 0 Å². The maximum absolute atomic E-state index is 12.1. The molecule has 6 heteroatoms. The van der Waals surface area contributed by atoms with Gasteiger partial charge in [0.1, 0.15) is 5.75 Å². The number of rotatable bonds is 15. The van der Waals surface area contributed by atoms with Crippen LogP contribution >= 0.6 is 0 Å². The summed E-state index contributed by atoms with van der Waals surface area (Å²) in [4.78, 5) is 12.1. The third-order valence-corrected chi connectivity index (χ3v) is 4.85. The van der Waals surface area contributed by atoms with Gasteiger partial charge >= 0.3 is 5.97 Å². The van der Waals surface area contributed by atoms with Crippen molar-refractivity contribution in [2.45, 2.75) is 46.5 Å². The van der Waals surface area contributed by atoms with Crippen molar-refractivity contribution in [3.8, 4) is 17.2 Å². The van der Waals surface area contributed by atoms with Crippen molar-refractivity contribution in [1.82, 2.24) is 0 Å². The lowest BCUT2D eigenvalue weighted by atomic mass is 10.1. The number of hydrogen-bond acceptors (Lipinski definition) is 6. The van der Waals surface area contributed by atoms with Gasteiger partial charge in [-0.1, -0.05) is 38.0 Å². The van der Waals surface area contributed by atoms with Crippen LogP contribution in [0.15, 0.2) is 48.2 Å². The van der Waals surface area contributed by atoms with Crippen molar-refractivity contribution in [3.63, 3.8) is 0 Å². The number of carbonyl (C=O) groups is 1. The number of carbonyl (C=O) groups excluding carboxylic acids is 1. The molecule has 0 aliphatic carbocycles. The molecule has 0 heterocycles. The molecule has 2 aromatic rings. The van der Waals surface area contributed by atoms with Crippen molar-refractivity contribution in [1.29, 1.82) is 0 Å². The van der Waals surface area contributed by atoms with Crippen molar-refractivity contribution < 1.29 is 28.5 Å². The lowest BCUT2D eigenvalue weighted by molar-refractivity contribution is -0.142. The van der Waals surface area contributed by atoms with Gasteiger partial charge in [0.15, 0.2) is 11.5 Å². The molecule has 0 aromatic heterocycles. The van der Waals surface area contributed by atoms with Crippen LogP contribution in [0.2, 0.25) is 0 Å². The number of hydrogen-bond donors (Lipinski definition) is 0. The highest BCUT2D eigenvalue weighted by Gasteiger charge is 2.13. The van der Waals surface area contributed by atoms with E-state index in [1.165, 1.54) is 18.4 Å². The van der Waals surface area contributed by atoms with Crippen LogP contribution in [-0.2, 0) is 20.7 Å². The fourth-order valence-corrected chi connectivity index (χ4v) is 3.14. The minimum Gasteiger partial charge on any atom is -0.494 e. The zero-order valence-electron chi connectivity index (χ0n) is 20.2.